The molecule has 0 N–H and O–H groups in total. The van der Waals surface area contributed by atoms with Crippen molar-refractivity contribution in [2.75, 3.05) is 18.1 Å². The van der Waals surface area contributed by atoms with Gasteiger partial charge in [0, 0.05) is 13.0 Å². The van der Waals surface area contributed by atoms with E-state index in [1.165, 1.54) is 24.3 Å². The maximum absolute atomic E-state index is 12.7. The first-order valence-electron chi connectivity index (χ1n) is 6.53. The van der Waals surface area contributed by atoms with Crippen LogP contribution in [0.1, 0.15) is 18.4 Å². The van der Waals surface area contributed by atoms with Crippen LogP contribution in [-0.2, 0) is 25.8 Å². The van der Waals surface area contributed by atoms with E-state index in [1.54, 1.807) is 0 Å². The smallest absolute Gasteiger partial charge is 0.159 e. The summed E-state index contributed by atoms with van der Waals surface area (Å²) in [5, 5.41) is 0. The zero-order chi connectivity index (χ0) is 14.6. The summed E-state index contributed by atoms with van der Waals surface area (Å²) in [5.74, 6) is -1.34. The van der Waals surface area contributed by atoms with Crippen molar-refractivity contribution in [1.82, 2.24) is 0 Å². The first-order valence-corrected chi connectivity index (χ1v) is 8.35. The second kappa shape index (κ2) is 6.45. The predicted octanol–water partition coefficient (Wildman–Crippen LogP) is 1.53. The van der Waals surface area contributed by atoms with E-state index < -0.39 is 15.6 Å². The molecular formula is C14H17FO4S. The molecule has 1 aromatic rings. The van der Waals surface area contributed by atoms with Crippen molar-refractivity contribution in [3.63, 3.8) is 0 Å². The number of carbonyl (C=O) groups excluding carboxylic acids is 1. The highest BCUT2D eigenvalue weighted by atomic mass is 32.2. The van der Waals surface area contributed by atoms with Crippen molar-refractivity contribution in [2.24, 2.45) is 0 Å². The second-order valence-corrected chi connectivity index (χ2v) is 7.14. The summed E-state index contributed by atoms with van der Waals surface area (Å²) in [6.07, 6.45) is 1.32. The van der Waals surface area contributed by atoms with Gasteiger partial charge in [-0.1, -0.05) is 12.1 Å². The van der Waals surface area contributed by atoms with Gasteiger partial charge in [0.25, 0.3) is 0 Å². The fourth-order valence-corrected chi connectivity index (χ4v) is 3.78. The largest absolute Gasteiger partial charge is 0.377 e. The Kier molecular flexibility index (Phi) is 4.88. The van der Waals surface area contributed by atoms with E-state index in [2.05, 4.69) is 0 Å². The van der Waals surface area contributed by atoms with Crippen molar-refractivity contribution < 1.29 is 22.3 Å². The van der Waals surface area contributed by atoms with Crippen LogP contribution in [0, 0.1) is 5.82 Å². The Morgan fingerprint density at radius 2 is 2.00 bits per heavy atom. The maximum atomic E-state index is 12.7. The second-order valence-electron chi connectivity index (χ2n) is 5.03. The average molecular weight is 300 g/mol. The minimum absolute atomic E-state index is 0.00499. The van der Waals surface area contributed by atoms with Crippen LogP contribution in [0.15, 0.2) is 24.3 Å². The maximum Gasteiger partial charge on any atom is 0.159 e. The van der Waals surface area contributed by atoms with E-state index in [9.17, 15) is 17.6 Å². The van der Waals surface area contributed by atoms with Crippen molar-refractivity contribution in [2.45, 2.75) is 25.4 Å². The van der Waals surface area contributed by atoms with Gasteiger partial charge >= 0.3 is 0 Å². The number of halogens is 1. The number of hydrogen-bond donors (Lipinski definition) is 0. The van der Waals surface area contributed by atoms with E-state index in [1.807, 2.05) is 0 Å². The van der Waals surface area contributed by atoms with Crippen molar-refractivity contribution in [3.05, 3.63) is 35.6 Å². The highest BCUT2D eigenvalue weighted by molar-refractivity contribution is 7.92. The number of Topliss-reactive ketones (excluding diaryl/α,β-unsaturated/α-hetero) is 1. The Hall–Kier alpha value is -1.27. The predicted molar refractivity (Wildman–Crippen MR) is 72.7 cm³/mol. The fraction of sp³-hybridized carbons (Fsp3) is 0.500. The molecule has 1 aliphatic heterocycles. The third-order valence-corrected chi connectivity index (χ3v) is 4.80. The number of carbonyl (C=O) groups is 1. The molecule has 20 heavy (non-hydrogen) atoms. The molecule has 0 aromatic heterocycles. The first-order chi connectivity index (χ1) is 9.44. The highest BCUT2D eigenvalue weighted by Crippen LogP contribution is 2.14. The first kappa shape index (κ1) is 15.1. The van der Waals surface area contributed by atoms with Crippen LogP contribution in [0.4, 0.5) is 4.39 Å². The zero-order valence-corrected chi connectivity index (χ0v) is 11.9. The Bertz CT molecular complexity index is 559. The normalized spacial score (nSPS) is 19.1. The number of ketones is 1. The van der Waals surface area contributed by atoms with Crippen LogP contribution in [0.3, 0.4) is 0 Å². The number of ether oxygens (including phenoxy) is 1. The molecule has 1 saturated heterocycles. The molecule has 110 valence electrons. The molecule has 1 aliphatic rings. The Morgan fingerprint density at radius 3 is 2.60 bits per heavy atom. The van der Waals surface area contributed by atoms with Gasteiger partial charge in [0.15, 0.2) is 15.6 Å². The van der Waals surface area contributed by atoms with Gasteiger partial charge in [-0.05, 0) is 30.5 Å². The van der Waals surface area contributed by atoms with Gasteiger partial charge in [-0.2, -0.15) is 0 Å². The third-order valence-electron chi connectivity index (χ3n) is 3.16. The molecule has 0 aliphatic carbocycles. The van der Waals surface area contributed by atoms with Gasteiger partial charge in [0.1, 0.15) is 11.6 Å². The summed E-state index contributed by atoms with van der Waals surface area (Å²) in [6, 6.07) is 5.48. The van der Waals surface area contributed by atoms with Gasteiger partial charge in [-0.25, -0.2) is 12.8 Å². The summed E-state index contributed by atoms with van der Waals surface area (Å²) in [4.78, 5) is 11.8. The number of hydrogen-bond acceptors (Lipinski definition) is 4. The van der Waals surface area contributed by atoms with E-state index >= 15 is 0 Å². The number of benzene rings is 1. The Morgan fingerprint density at radius 1 is 1.30 bits per heavy atom. The molecule has 1 unspecified atom stereocenters. The molecule has 1 fully saturated rings. The molecule has 1 atom stereocenters. The molecule has 1 aromatic carbocycles. The van der Waals surface area contributed by atoms with Crippen LogP contribution < -0.4 is 0 Å². The van der Waals surface area contributed by atoms with Crippen LogP contribution >= 0.6 is 0 Å². The van der Waals surface area contributed by atoms with E-state index in [-0.39, 0.29) is 29.9 Å². The summed E-state index contributed by atoms with van der Waals surface area (Å²) in [6.45, 7) is 0.587. The van der Waals surface area contributed by atoms with Crippen LogP contribution in [0.2, 0.25) is 0 Å². The van der Waals surface area contributed by atoms with Crippen LogP contribution in [0.5, 0.6) is 0 Å². The molecule has 0 spiro atoms. The van der Waals surface area contributed by atoms with Crippen LogP contribution in [0.25, 0.3) is 0 Å². The number of sulfone groups is 1. The van der Waals surface area contributed by atoms with E-state index in [0.29, 0.717) is 12.2 Å². The lowest BCUT2D eigenvalue weighted by Crippen LogP contribution is -2.26. The molecule has 1 heterocycles. The molecule has 0 radical (unpaired) electrons. The highest BCUT2D eigenvalue weighted by Gasteiger charge is 2.25. The molecule has 4 nitrogen and oxygen atoms in total. The Labute approximate surface area is 117 Å². The summed E-state index contributed by atoms with van der Waals surface area (Å²) < 4.78 is 41.8. The summed E-state index contributed by atoms with van der Waals surface area (Å²) in [5.41, 5.74) is 0.615. The van der Waals surface area contributed by atoms with E-state index in [4.69, 9.17) is 4.74 Å². The lowest BCUT2D eigenvalue weighted by molar-refractivity contribution is -0.116. The quantitative estimate of drug-likeness (QED) is 0.799. The Balaban J connectivity index is 1.88. The number of rotatable bonds is 6. The van der Waals surface area contributed by atoms with Crippen molar-refractivity contribution in [1.29, 1.82) is 0 Å². The molecular weight excluding hydrogens is 283 g/mol. The lowest BCUT2D eigenvalue weighted by atomic mass is 10.1. The van der Waals surface area contributed by atoms with Gasteiger partial charge in [0.05, 0.1) is 11.9 Å². The van der Waals surface area contributed by atoms with E-state index in [0.717, 1.165) is 12.8 Å². The monoisotopic (exact) mass is 300 g/mol. The van der Waals surface area contributed by atoms with Crippen molar-refractivity contribution in [3.8, 4) is 0 Å². The summed E-state index contributed by atoms with van der Waals surface area (Å²) >= 11 is 0. The minimum Gasteiger partial charge on any atom is -0.377 e. The third kappa shape index (κ3) is 4.68. The van der Waals surface area contributed by atoms with Gasteiger partial charge < -0.3 is 4.74 Å². The minimum atomic E-state index is -3.44. The molecule has 2 rings (SSSR count). The average Bonchev–Trinajstić information content (AvgIpc) is 2.83. The molecule has 0 amide bonds. The van der Waals surface area contributed by atoms with Crippen LogP contribution in [-0.4, -0.2) is 38.4 Å². The summed E-state index contributed by atoms with van der Waals surface area (Å²) in [7, 11) is -3.44. The van der Waals surface area contributed by atoms with Crippen molar-refractivity contribution >= 4 is 15.6 Å². The molecule has 0 bridgehead atoms. The topological polar surface area (TPSA) is 60.4 Å². The fourth-order valence-electron chi connectivity index (χ4n) is 2.24. The van der Waals surface area contributed by atoms with Gasteiger partial charge in [-0.3, -0.25) is 4.79 Å². The lowest BCUT2D eigenvalue weighted by Gasteiger charge is -2.09. The zero-order valence-electron chi connectivity index (χ0n) is 11.0. The standard InChI is InChI=1S/C14H17FO4S/c15-12-5-3-11(4-6-12)8-13(16)9-20(17,18)10-14-2-1-7-19-14/h3-6,14H,1-2,7-10H2. The van der Waals surface area contributed by atoms with Gasteiger partial charge in [0.2, 0.25) is 0 Å². The molecule has 6 heteroatoms. The SMILES string of the molecule is O=C(Cc1ccc(F)cc1)CS(=O)(=O)CC1CCCO1. The molecule has 0 saturated carbocycles. The van der Waals surface area contributed by atoms with Gasteiger partial charge in [-0.15, -0.1) is 0 Å².